The van der Waals surface area contributed by atoms with Crippen LogP contribution >= 0.6 is 0 Å². The van der Waals surface area contributed by atoms with Gasteiger partial charge in [-0.2, -0.15) is 0 Å². The van der Waals surface area contributed by atoms with Crippen LogP contribution in [0.25, 0.3) is 0 Å². The molecule has 0 aliphatic heterocycles. The summed E-state index contributed by atoms with van der Waals surface area (Å²) in [6.07, 6.45) is 18.2. The summed E-state index contributed by atoms with van der Waals surface area (Å²) in [4.78, 5) is 0. The van der Waals surface area contributed by atoms with Crippen molar-refractivity contribution in [3.05, 3.63) is 11.8 Å². The van der Waals surface area contributed by atoms with E-state index in [0.717, 1.165) is 13.0 Å². The molecule has 0 aromatic carbocycles. The molecule has 0 unspecified atom stereocenters. The predicted molar refractivity (Wildman–Crippen MR) is 86.5 cm³/mol. The molecule has 0 N–H and O–H groups in total. The van der Waals surface area contributed by atoms with Crippen LogP contribution < -0.4 is 0 Å². The van der Waals surface area contributed by atoms with Crippen molar-refractivity contribution in [3.8, 4) is 0 Å². The van der Waals surface area contributed by atoms with E-state index in [9.17, 15) is 0 Å². The molecule has 1 heteroatoms. The molecule has 0 saturated heterocycles. The maximum atomic E-state index is 5.56. The third kappa shape index (κ3) is 15.5. The third-order valence-corrected chi connectivity index (χ3v) is 3.54. The van der Waals surface area contributed by atoms with Crippen LogP contribution in [0.15, 0.2) is 11.8 Å². The van der Waals surface area contributed by atoms with Crippen molar-refractivity contribution in [1.82, 2.24) is 0 Å². The number of rotatable bonds is 14. The fourth-order valence-electron chi connectivity index (χ4n) is 2.33. The van der Waals surface area contributed by atoms with E-state index in [1.54, 1.807) is 0 Å². The first-order valence-corrected chi connectivity index (χ1v) is 8.58. The number of ether oxygens (including phenoxy) is 1. The van der Waals surface area contributed by atoms with E-state index in [4.69, 9.17) is 4.74 Å². The Balaban J connectivity index is 3.08. The Hall–Kier alpha value is -0.460. The minimum atomic E-state index is 0.900. The lowest BCUT2D eigenvalue weighted by Gasteiger charge is -2.04. The van der Waals surface area contributed by atoms with E-state index in [2.05, 4.69) is 20.8 Å². The molecule has 0 atom stereocenters. The van der Waals surface area contributed by atoms with Gasteiger partial charge in [0, 0.05) is 0 Å². The molecule has 0 rings (SSSR count). The van der Waals surface area contributed by atoms with Gasteiger partial charge in [-0.05, 0) is 25.3 Å². The van der Waals surface area contributed by atoms with Gasteiger partial charge in [0.05, 0.1) is 12.9 Å². The van der Waals surface area contributed by atoms with Crippen LogP contribution in [0.2, 0.25) is 0 Å². The minimum absolute atomic E-state index is 0.900. The molecule has 0 fully saturated rings. The lowest BCUT2D eigenvalue weighted by molar-refractivity contribution is 0.237. The number of allylic oxidation sites excluding steroid dienone is 1. The molecule has 0 saturated carbocycles. The SMILES string of the molecule is CCCCCCCCCCCCOC=C(C)CCC. The van der Waals surface area contributed by atoms with E-state index < -0.39 is 0 Å². The second-order valence-electron chi connectivity index (χ2n) is 5.77. The summed E-state index contributed by atoms with van der Waals surface area (Å²) < 4.78 is 5.56. The summed E-state index contributed by atoms with van der Waals surface area (Å²) in [6, 6.07) is 0. The van der Waals surface area contributed by atoms with E-state index in [-0.39, 0.29) is 0 Å². The first kappa shape index (κ1) is 18.5. The molecule has 0 spiro atoms. The first-order chi connectivity index (χ1) is 9.31. The molecule has 0 radical (unpaired) electrons. The van der Waals surface area contributed by atoms with Crippen molar-refractivity contribution < 1.29 is 4.74 Å². The smallest absolute Gasteiger partial charge is 0.0873 e. The molecule has 0 aromatic rings. The van der Waals surface area contributed by atoms with Crippen LogP contribution in [0.1, 0.15) is 97.8 Å². The van der Waals surface area contributed by atoms with Crippen molar-refractivity contribution in [2.75, 3.05) is 6.61 Å². The molecule has 0 aromatic heterocycles. The largest absolute Gasteiger partial charge is 0.501 e. The number of hydrogen-bond acceptors (Lipinski definition) is 1. The fourth-order valence-corrected chi connectivity index (χ4v) is 2.33. The molecule has 19 heavy (non-hydrogen) atoms. The zero-order valence-electron chi connectivity index (χ0n) is 13.7. The normalized spacial score (nSPS) is 11.8. The van der Waals surface area contributed by atoms with Crippen molar-refractivity contribution in [3.63, 3.8) is 0 Å². The van der Waals surface area contributed by atoms with Gasteiger partial charge in [0.15, 0.2) is 0 Å². The van der Waals surface area contributed by atoms with E-state index >= 15 is 0 Å². The first-order valence-electron chi connectivity index (χ1n) is 8.58. The molecule has 0 aliphatic rings. The fraction of sp³-hybridized carbons (Fsp3) is 0.889. The second-order valence-corrected chi connectivity index (χ2v) is 5.77. The molecule has 114 valence electrons. The Labute approximate surface area is 121 Å². The lowest BCUT2D eigenvalue weighted by atomic mass is 10.1. The highest BCUT2D eigenvalue weighted by Crippen LogP contribution is 2.10. The molecular weight excluding hydrogens is 232 g/mol. The van der Waals surface area contributed by atoms with Gasteiger partial charge < -0.3 is 4.74 Å². The van der Waals surface area contributed by atoms with Crippen LogP contribution in [-0.4, -0.2) is 6.61 Å². The zero-order chi connectivity index (χ0) is 14.2. The lowest BCUT2D eigenvalue weighted by Crippen LogP contribution is -1.89. The second kappa shape index (κ2) is 15.6. The van der Waals surface area contributed by atoms with Gasteiger partial charge in [0.2, 0.25) is 0 Å². The van der Waals surface area contributed by atoms with E-state index in [1.807, 2.05) is 6.26 Å². The maximum absolute atomic E-state index is 5.56. The van der Waals surface area contributed by atoms with Crippen LogP contribution in [0.3, 0.4) is 0 Å². The average Bonchev–Trinajstić information content (AvgIpc) is 2.40. The summed E-state index contributed by atoms with van der Waals surface area (Å²) >= 11 is 0. The van der Waals surface area contributed by atoms with Gasteiger partial charge in [0.25, 0.3) is 0 Å². The summed E-state index contributed by atoms with van der Waals surface area (Å²) in [5, 5.41) is 0. The molecule has 0 aliphatic carbocycles. The number of hydrogen-bond donors (Lipinski definition) is 0. The third-order valence-electron chi connectivity index (χ3n) is 3.54. The van der Waals surface area contributed by atoms with Gasteiger partial charge in [-0.25, -0.2) is 0 Å². The Morgan fingerprint density at radius 3 is 1.79 bits per heavy atom. The van der Waals surface area contributed by atoms with Gasteiger partial charge in [-0.15, -0.1) is 0 Å². The van der Waals surface area contributed by atoms with Crippen molar-refractivity contribution in [2.24, 2.45) is 0 Å². The Morgan fingerprint density at radius 2 is 1.26 bits per heavy atom. The van der Waals surface area contributed by atoms with E-state index in [1.165, 1.54) is 76.2 Å². The van der Waals surface area contributed by atoms with Crippen LogP contribution in [0.4, 0.5) is 0 Å². The van der Waals surface area contributed by atoms with Crippen molar-refractivity contribution in [1.29, 1.82) is 0 Å². The summed E-state index contributed by atoms with van der Waals surface area (Å²) in [5.74, 6) is 0. The molecule has 0 amide bonds. The van der Waals surface area contributed by atoms with Crippen LogP contribution in [0, 0.1) is 0 Å². The quantitative estimate of drug-likeness (QED) is 0.254. The van der Waals surface area contributed by atoms with Crippen LogP contribution in [-0.2, 0) is 4.74 Å². The summed E-state index contributed by atoms with van der Waals surface area (Å²) in [5.41, 5.74) is 1.37. The monoisotopic (exact) mass is 268 g/mol. The van der Waals surface area contributed by atoms with Crippen molar-refractivity contribution in [2.45, 2.75) is 97.8 Å². The Morgan fingerprint density at radius 1 is 0.737 bits per heavy atom. The van der Waals surface area contributed by atoms with E-state index in [0.29, 0.717) is 0 Å². The average molecular weight is 268 g/mol. The van der Waals surface area contributed by atoms with Crippen molar-refractivity contribution >= 4 is 0 Å². The highest BCUT2D eigenvalue weighted by atomic mass is 16.5. The van der Waals surface area contributed by atoms with Crippen LogP contribution in [0.5, 0.6) is 0 Å². The summed E-state index contributed by atoms with van der Waals surface area (Å²) in [7, 11) is 0. The standard InChI is InChI=1S/C18H36O/c1-4-6-7-8-9-10-11-12-13-14-16-19-17-18(3)15-5-2/h17H,4-16H2,1-3H3. The summed E-state index contributed by atoms with van der Waals surface area (Å²) in [6.45, 7) is 7.54. The molecular formula is C18H36O. The maximum Gasteiger partial charge on any atom is 0.0873 e. The topological polar surface area (TPSA) is 9.23 Å². The Bertz CT molecular complexity index is 196. The molecule has 0 heterocycles. The minimum Gasteiger partial charge on any atom is -0.501 e. The highest BCUT2D eigenvalue weighted by Gasteiger charge is 1.93. The van der Waals surface area contributed by atoms with Gasteiger partial charge in [0.1, 0.15) is 0 Å². The molecule has 0 bridgehead atoms. The molecule has 1 nitrogen and oxygen atoms in total. The van der Waals surface area contributed by atoms with Gasteiger partial charge >= 0.3 is 0 Å². The zero-order valence-corrected chi connectivity index (χ0v) is 13.7. The van der Waals surface area contributed by atoms with Gasteiger partial charge in [-0.1, -0.05) is 78.1 Å². The number of unbranched alkanes of at least 4 members (excludes halogenated alkanes) is 9. The van der Waals surface area contributed by atoms with Gasteiger partial charge in [-0.3, -0.25) is 0 Å². The predicted octanol–water partition coefficient (Wildman–Crippen LogP) is 6.63. The Kier molecular flexibility index (Phi) is 15.2. The highest BCUT2D eigenvalue weighted by molar-refractivity contribution is 4.92.